The number of nitrogens with zero attached hydrogens (tertiary/aromatic N) is 2. The predicted octanol–water partition coefficient (Wildman–Crippen LogP) is 7.37. The third-order valence-corrected chi connectivity index (χ3v) is 8.14. The van der Waals surface area contributed by atoms with Crippen LogP contribution >= 0.6 is 21.6 Å². The molecule has 4 aromatic rings. The summed E-state index contributed by atoms with van der Waals surface area (Å²) in [6, 6.07) is 17.6. The van der Waals surface area contributed by atoms with Gasteiger partial charge in [0.15, 0.2) is 0 Å². The van der Waals surface area contributed by atoms with Crippen molar-refractivity contribution in [2.45, 2.75) is 49.6 Å². The van der Waals surface area contributed by atoms with Crippen molar-refractivity contribution in [2.24, 2.45) is 14.1 Å². The maximum Gasteiger partial charge on any atom is 0.0900 e. The molecule has 0 aliphatic rings. The van der Waals surface area contributed by atoms with Crippen LogP contribution in [0.3, 0.4) is 0 Å². The Bertz CT molecular complexity index is 1030. The molecule has 0 N–H and O–H groups in total. The number of aryl methyl sites for hydroxylation is 4. The van der Waals surface area contributed by atoms with Crippen molar-refractivity contribution < 1.29 is 0 Å². The molecule has 0 aliphatic carbocycles. The molecule has 28 heavy (non-hydrogen) atoms. The molecule has 2 heterocycles. The smallest absolute Gasteiger partial charge is 0.0900 e. The summed E-state index contributed by atoms with van der Waals surface area (Å²) in [5.41, 5.74) is 5.66. The van der Waals surface area contributed by atoms with E-state index < -0.39 is 0 Å². The molecule has 2 aromatic heterocycles. The van der Waals surface area contributed by atoms with Crippen LogP contribution < -0.4 is 0 Å². The van der Waals surface area contributed by atoms with Gasteiger partial charge in [-0.15, -0.1) is 0 Å². The molecule has 2 aromatic carbocycles. The minimum Gasteiger partial charge on any atom is -0.338 e. The number of hydrogen-bond donors (Lipinski definition) is 0. The number of rotatable bonds is 7. The van der Waals surface area contributed by atoms with Crippen molar-refractivity contribution in [3.63, 3.8) is 0 Å². The SMILES string of the molecule is CCCc1c(SSc2c(CCC)c3ccccc3n2C)n(C)c2ccccc12. The lowest BCUT2D eigenvalue weighted by atomic mass is 10.1. The predicted molar refractivity (Wildman–Crippen MR) is 126 cm³/mol. The van der Waals surface area contributed by atoms with E-state index in [-0.39, 0.29) is 0 Å². The van der Waals surface area contributed by atoms with Crippen LogP contribution in [0.5, 0.6) is 0 Å². The first-order chi connectivity index (χ1) is 13.7. The minimum atomic E-state index is 1.13. The van der Waals surface area contributed by atoms with Crippen LogP contribution in [0, 0.1) is 0 Å². The van der Waals surface area contributed by atoms with Crippen LogP contribution in [0.2, 0.25) is 0 Å². The quantitative estimate of drug-likeness (QED) is 0.295. The Balaban J connectivity index is 1.76. The lowest BCUT2D eigenvalue weighted by molar-refractivity contribution is 0.814. The molecular formula is C24H28N2S2. The van der Waals surface area contributed by atoms with Gasteiger partial charge in [0.25, 0.3) is 0 Å². The molecule has 0 saturated heterocycles. The van der Waals surface area contributed by atoms with Gasteiger partial charge < -0.3 is 9.13 Å². The second kappa shape index (κ2) is 8.30. The second-order valence-electron chi connectivity index (χ2n) is 7.39. The zero-order valence-electron chi connectivity index (χ0n) is 17.2. The third-order valence-electron chi connectivity index (χ3n) is 5.51. The van der Waals surface area contributed by atoms with Crippen molar-refractivity contribution in [2.75, 3.05) is 0 Å². The normalized spacial score (nSPS) is 11.7. The minimum absolute atomic E-state index is 1.13. The highest BCUT2D eigenvalue weighted by Crippen LogP contribution is 2.45. The van der Waals surface area contributed by atoms with Gasteiger partial charge >= 0.3 is 0 Å². The number of benzene rings is 2. The van der Waals surface area contributed by atoms with E-state index in [1.165, 1.54) is 55.8 Å². The first-order valence-electron chi connectivity index (χ1n) is 10.1. The largest absolute Gasteiger partial charge is 0.338 e. The van der Waals surface area contributed by atoms with Gasteiger partial charge in [0.05, 0.1) is 10.1 Å². The molecule has 0 fully saturated rings. The molecule has 2 nitrogen and oxygen atoms in total. The molecule has 0 spiro atoms. The van der Waals surface area contributed by atoms with E-state index in [0.29, 0.717) is 0 Å². The number of aromatic nitrogens is 2. The molecule has 0 amide bonds. The lowest BCUT2D eigenvalue weighted by Crippen LogP contribution is -1.93. The number of hydrogen-bond acceptors (Lipinski definition) is 2. The fourth-order valence-corrected chi connectivity index (χ4v) is 7.12. The molecule has 146 valence electrons. The van der Waals surface area contributed by atoms with Crippen molar-refractivity contribution >= 4 is 43.4 Å². The average Bonchev–Trinajstić information content (AvgIpc) is 3.14. The van der Waals surface area contributed by atoms with Gasteiger partial charge in [0.1, 0.15) is 0 Å². The lowest BCUT2D eigenvalue weighted by Gasteiger charge is -2.09. The van der Waals surface area contributed by atoms with Crippen LogP contribution in [0.25, 0.3) is 21.8 Å². The molecular weight excluding hydrogens is 380 g/mol. The highest BCUT2D eigenvalue weighted by molar-refractivity contribution is 8.76. The Kier molecular flexibility index (Phi) is 5.79. The van der Waals surface area contributed by atoms with Gasteiger partial charge in [-0.1, -0.05) is 63.1 Å². The number of fused-ring (bicyclic) bond motifs is 2. The van der Waals surface area contributed by atoms with Gasteiger partial charge in [-0.25, -0.2) is 0 Å². The first kappa shape index (κ1) is 19.5. The van der Waals surface area contributed by atoms with Gasteiger partial charge in [-0.05, 0) is 57.7 Å². The Morgan fingerprint density at radius 3 is 1.43 bits per heavy atom. The van der Waals surface area contributed by atoms with E-state index in [1.807, 2.05) is 21.6 Å². The molecule has 0 bridgehead atoms. The van der Waals surface area contributed by atoms with E-state index >= 15 is 0 Å². The van der Waals surface area contributed by atoms with Crippen molar-refractivity contribution in [3.8, 4) is 0 Å². The van der Waals surface area contributed by atoms with Crippen LogP contribution in [0.1, 0.15) is 37.8 Å². The summed E-state index contributed by atoms with van der Waals surface area (Å²) in [5, 5.41) is 5.59. The summed E-state index contributed by atoms with van der Waals surface area (Å²) in [6.07, 6.45) is 4.59. The summed E-state index contributed by atoms with van der Waals surface area (Å²) in [6.45, 7) is 4.54. The van der Waals surface area contributed by atoms with E-state index in [4.69, 9.17) is 0 Å². The Labute approximate surface area is 175 Å². The Morgan fingerprint density at radius 2 is 1.04 bits per heavy atom. The summed E-state index contributed by atoms with van der Waals surface area (Å²) in [7, 11) is 8.26. The standard InChI is InChI=1S/C24H28N2S2/c1-5-11-19-17-13-7-9-15-21(17)25(3)23(19)27-28-24-20(12-6-2)18-14-8-10-16-22(18)26(24)4/h7-10,13-16H,5-6,11-12H2,1-4H3. The molecule has 0 atom stereocenters. The third kappa shape index (κ3) is 3.27. The second-order valence-corrected chi connectivity index (χ2v) is 9.49. The molecule has 4 heteroatoms. The van der Waals surface area contributed by atoms with Crippen LogP contribution in [0.15, 0.2) is 58.6 Å². The Hall–Kier alpha value is -1.78. The fourth-order valence-electron chi connectivity index (χ4n) is 4.17. The van der Waals surface area contributed by atoms with E-state index in [2.05, 4.69) is 85.6 Å². The van der Waals surface area contributed by atoms with Gasteiger partial charge in [-0.2, -0.15) is 0 Å². The fraction of sp³-hybridized carbons (Fsp3) is 0.333. The van der Waals surface area contributed by atoms with Crippen molar-refractivity contribution in [1.29, 1.82) is 0 Å². The highest BCUT2D eigenvalue weighted by atomic mass is 33.1. The highest BCUT2D eigenvalue weighted by Gasteiger charge is 2.19. The average molecular weight is 409 g/mol. The monoisotopic (exact) mass is 408 g/mol. The molecule has 4 rings (SSSR count). The maximum atomic E-state index is 2.38. The van der Waals surface area contributed by atoms with Gasteiger partial charge in [0, 0.05) is 35.9 Å². The Morgan fingerprint density at radius 1 is 0.643 bits per heavy atom. The maximum absolute atomic E-state index is 2.38. The summed E-state index contributed by atoms with van der Waals surface area (Å²) < 4.78 is 4.75. The van der Waals surface area contributed by atoms with E-state index in [9.17, 15) is 0 Å². The topological polar surface area (TPSA) is 9.86 Å². The first-order valence-corrected chi connectivity index (χ1v) is 12.3. The van der Waals surface area contributed by atoms with Gasteiger partial charge in [0.2, 0.25) is 0 Å². The molecule has 0 aliphatic heterocycles. The zero-order chi connectivity index (χ0) is 19.7. The summed E-state index contributed by atoms with van der Waals surface area (Å²) in [5.74, 6) is 0. The molecule has 0 radical (unpaired) electrons. The zero-order valence-corrected chi connectivity index (χ0v) is 18.8. The molecule has 0 unspecified atom stereocenters. The summed E-state index contributed by atoms with van der Waals surface area (Å²) >= 11 is 0. The summed E-state index contributed by atoms with van der Waals surface area (Å²) in [4.78, 5) is 0. The van der Waals surface area contributed by atoms with Crippen LogP contribution in [0.4, 0.5) is 0 Å². The van der Waals surface area contributed by atoms with Crippen molar-refractivity contribution in [1.82, 2.24) is 9.13 Å². The van der Waals surface area contributed by atoms with Crippen molar-refractivity contribution in [3.05, 3.63) is 59.7 Å². The van der Waals surface area contributed by atoms with Crippen LogP contribution in [-0.2, 0) is 26.9 Å². The van der Waals surface area contributed by atoms with E-state index in [0.717, 1.165) is 12.8 Å². The number of para-hydroxylation sites is 2. The van der Waals surface area contributed by atoms with E-state index in [1.54, 1.807) is 0 Å². The van der Waals surface area contributed by atoms with Gasteiger partial charge in [-0.3, -0.25) is 0 Å². The van der Waals surface area contributed by atoms with Crippen LogP contribution in [-0.4, -0.2) is 9.13 Å². The molecule has 0 saturated carbocycles.